The van der Waals surface area contributed by atoms with E-state index >= 15 is 0 Å². The molecule has 0 aliphatic heterocycles. The van der Waals surface area contributed by atoms with Crippen molar-refractivity contribution in [3.8, 4) is 0 Å². The van der Waals surface area contributed by atoms with E-state index < -0.39 is 0 Å². The van der Waals surface area contributed by atoms with Gasteiger partial charge in [0, 0.05) is 0 Å². The molecular weight excluding hydrogens is 228 g/mol. The molecule has 0 atom stereocenters. The van der Waals surface area contributed by atoms with E-state index in [1.165, 1.54) is 27.8 Å². The number of hydrogen-bond donors (Lipinski definition) is 0. The molecule has 0 heteroatoms. The molecule has 0 fully saturated rings. The molecule has 0 unspecified atom stereocenters. The summed E-state index contributed by atoms with van der Waals surface area (Å²) in [6, 6.07) is 8.70. The monoisotopic (exact) mass is 250 g/mol. The van der Waals surface area contributed by atoms with Crippen LogP contribution in [0.1, 0.15) is 37.8 Å². The molecule has 0 saturated heterocycles. The van der Waals surface area contributed by atoms with Gasteiger partial charge in [-0.25, -0.2) is 0 Å². The fourth-order valence-corrected chi connectivity index (χ4v) is 2.20. The van der Waals surface area contributed by atoms with Gasteiger partial charge in [-0.2, -0.15) is 0 Å². The predicted molar refractivity (Wildman–Crippen MR) is 85.0 cm³/mol. The molecule has 0 aromatic heterocycles. The van der Waals surface area contributed by atoms with Gasteiger partial charge in [0.1, 0.15) is 0 Å². The summed E-state index contributed by atoms with van der Waals surface area (Å²) in [6.45, 7) is 6.49. The normalized spacial score (nSPS) is 16.5. The van der Waals surface area contributed by atoms with Crippen LogP contribution >= 0.6 is 0 Å². The van der Waals surface area contributed by atoms with Gasteiger partial charge in [0.2, 0.25) is 0 Å². The van der Waals surface area contributed by atoms with Gasteiger partial charge in [-0.1, -0.05) is 60.2 Å². The molecule has 1 aromatic carbocycles. The molecule has 19 heavy (non-hydrogen) atoms. The predicted octanol–water partition coefficient (Wildman–Crippen LogP) is 5.62. The largest absolute Gasteiger partial charge is 0.0842 e. The van der Waals surface area contributed by atoms with E-state index in [1.807, 2.05) is 0 Å². The van der Waals surface area contributed by atoms with Crippen LogP contribution in [0.15, 0.2) is 65.8 Å². The molecule has 1 aromatic rings. The summed E-state index contributed by atoms with van der Waals surface area (Å²) in [4.78, 5) is 0. The van der Waals surface area contributed by atoms with Crippen LogP contribution in [-0.2, 0) is 0 Å². The van der Waals surface area contributed by atoms with Crippen molar-refractivity contribution in [2.75, 3.05) is 0 Å². The molecule has 0 saturated carbocycles. The van der Waals surface area contributed by atoms with E-state index in [-0.39, 0.29) is 0 Å². The highest BCUT2D eigenvalue weighted by Crippen LogP contribution is 2.21. The minimum Gasteiger partial charge on any atom is -0.0842 e. The first-order chi connectivity index (χ1) is 9.16. The van der Waals surface area contributed by atoms with E-state index in [4.69, 9.17) is 0 Å². The standard InChI is InChI=1S/C19H22/c1-15-9-13-19(14-10-15)17(3)12-11-16(2)18-7-5-4-6-8-18/h4-5,7,9-14H,6,8H2,1-3H3/b16-11+,17-12+. The quantitative estimate of drug-likeness (QED) is 0.611. The molecular formula is C19H22. The van der Waals surface area contributed by atoms with Crippen LogP contribution in [-0.4, -0.2) is 0 Å². The summed E-state index contributed by atoms with van der Waals surface area (Å²) >= 11 is 0. The Hall–Kier alpha value is -1.82. The lowest BCUT2D eigenvalue weighted by Crippen LogP contribution is -1.89. The fraction of sp³-hybridized carbons (Fsp3) is 0.263. The van der Waals surface area contributed by atoms with Gasteiger partial charge >= 0.3 is 0 Å². The van der Waals surface area contributed by atoms with E-state index in [9.17, 15) is 0 Å². The molecule has 98 valence electrons. The Morgan fingerprint density at radius 2 is 1.68 bits per heavy atom. The van der Waals surface area contributed by atoms with Gasteiger partial charge in [0.15, 0.2) is 0 Å². The molecule has 1 aliphatic carbocycles. The van der Waals surface area contributed by atoms with Crippen LogP contribution in [0.25, 0.3) is 5.57 Å². The molecule has 1 aliphatic rings. The van der Waals surface area contributed by atoms with Gasteiger partial charge in [-0.05, 0) is 55.9 Å². The van der Waals surface area contributed by atoms with E-state index in [1.54, 1.807) is 0 Å². The van der Waals surface area contributed by atoms with Crippen LogP contribution < -0.4 is 0 Å². The lowest BCUT2D eigenvalue weighted by molar-refractivity contribution is 0.968. The second-order valence-corrected chi connectivity index (χ2v) is 5.22. The molecule has 0 N–H and O–H groups in total. The second-order valence-electron chi connectivity index (χ2n) is 5.22. The summed E-state index contributed by atoms with van der Waals surface area (Å²) < 4.78 is 0. The number of allylic oxidation sites excluding steroid dienone is 8. The Kier molecular flexibility index (Phi) is 4.57. The maximum Gasteiger partial charge on any atom is -0.0227 e. The Morgan fingerprint density at radius 1 is 1.00 bits per heavy atom. The topological polar surface area (TPSA) is 0 Å². The second kappa shape index (κ2) is 6.38. The average molecular weight is 250 g/mol. The van der Waals surface area contributed by atoms with E-state index in [2.05, 4.69) is 75.4 Å². The van der Waals surface area contributed by atoms with Crippen LogP contribution in [0.3, 0.4) is 0 Å². The highest BCUT2D eigenvalue weighted by atomic mass is 14.1. The lowest BCUT2D eigenvalue weighted by Gasteiger charge is -2.09. The van der Waals surface area contributed by atoms with Crippen molar-refractivity contribution in [3.63, 3.8) is 0 Å². The number of hydrogen-bond acceptors (Lipinski definition) is 0. The number of rotatable bonds is 3. The van der Waals surface area contributed by atoms with Crippen LogP contribution in [0.4, 0.5) is 0 Å². The van der Waals surface area contributed by atoms with Gasteiger partial charge < -0.3 is 0 Å². The first kappa shape index (κ1) is 13.6. The van der Waals surface area contributed by atoms with Crippen molar-refractivity contribution in [1.29, 1.82) is 0 Å². The molecule has 2 rings (SSSR count). The zero-order valence-corrected chi connectivity index (χ0v) is 12.1. The van der Waals surface area contributed by atoms with Crippen molar-refractivity contribution < 1.29 is 0 Å². The zero-order valence-electron chi connectivity index (χ0n) is 12.1. The van der Waals surface area contributed by atoms with Crippen molar-refractivity contribution in [2.24, 2.45) is 0 Å². The summed E-state index contributed by atoms with van der Waals surface area (Å²) in [7, 11) is 0. The first-order valence-electron chi connectivity index (χ1n) is 6.95. The molecule has 0 radical (unpaired) electrons. The summed E-state index contributed by atoms with van der Waals surface area (Å²) in [5.74, 6) is 0. The van der Waals surface area contributed by atoms with Gasteiger partial charge in [0.25, 0.3) is 0 Å². The fourth-order valence-electron chi connectivity index (χ4n) is 2.20. The Labute approximate surface area is 116 Å². The van der Waals surface area contributed by atoms with E-state index in [0.29, 0.717) is 0 Å². The van der Waals surface area contributed by atoms with Crippen molar-refractivity contribution in [2.45, 2.75) is 33.6 Å². The van der Waals surface area contributed by atoms with Crippen molar-refractivity contribution >= 4 is 5.57 Å². The summed E-state index contributed by atoms with van der Waals surface area (Å²) in [5, 5.41) is 0. The maximum atomic E-state index is 2.24. The van der Waals surface area contributed by atoms with Crippen LogP contribution in [0.5, 0.6) is 0 Å². The molecule has 0 nitrogen and oxygen atoms in total. The first-order valence-corrected chi connectivity index (χ1v) is 6.95. The van der Waals surface area contributed by atoms with Gasteiger partial charge in [0.05, 0.1) is 0 Å². The van der Waals surface area contributed by atoms with Gasteiger partial charge in [-0.3, -0.25) is 0 Å². The third-order valence-electron chi connectivity index (χ3n) is 3.61. The summed E-state index contributed by atoms with van der Waals surface area (Å²) in [6.07, 6.45) is 13.4. The Morgan fingerprint density at radius 3 is 2.32 bits per heavy atom. The summed E-state index contributed by atoms with van der Waals surface area (Å²) in [5.41, 5.74) is 6.74. The average Bonchev–Trinajstić information content (AvgIpc) is 2.46. The third kappa shape index (κ3) is 3.82. The maximum absolute atomic E-state index is 2.24. The minimum absolute atomic E-state index is 1.16. The number of aryl methyl sites for hydroxylation is 1. The zero-order chi connectivity index (χ0) is 13.7. The Balaban J connectivity index is 2.14. The SMILES string of the molecule is C/C(=C\C=C(/C)c1ccc(C)cc1)C1=CC=CCC1. The lowest BCUT2D eigenvalue weighted by atomic mass is 9.97. The van der Waals surface area contributed by atoms with Crippen molar-refractivity contribution in [3.05, 3.63) is 76.9 Å². The smallest absolute Gasteiger partial charge is 0.0227 e. The molecule has 0 amide bonds. The number of benzene rings is 1. The van der Waals surface area contributed by atoms with Gasteiger partial charge in [-0.15, -0.1) is 0 Å². The molecule has 0 bridgehead atoms. The van der Waals surface area contributed by atoms with E-state index in [0.717, 1.165) is 12.8 Å². The highest BCUT2D eigenvalue weighted by Gasteiger charge is 2.01. The molecule has 0 heterocycles. The third-order valence-corrected chi connectivity index (χ3v) is 3.61. The Bertz CT molecular complexity index is 548. The van der Waals surface area contributed by atoms with Crippen molar-refractivity contribution in [1.82, 2.24) is 0 Å². The van der Waals surface area contributed by atoms with Crippen LogP contribution in [0, 0.1) is 6.92 Å². The minimum atomic E-state index is 1.16. The molecule has 0 spiro atoms. The highest BCUT2D eigenvalue weighted by molar-refractivity contribution is 5.65. The van der Waals surface area contributed by atoms with Crippen LogP contribution in [0.2, 0.25) is 0 Å².